The predicted molar refractivity (Wildman–Crippen MR) is 83.2 cm³/mol. The van der Waals surface area contributed by atoms with Gasteiger partial charge in [-0.25, -0.2) is 18.1 Å². The third-order valence-electron chi connectivity index (χ3n) is 2.93. The summed E-state index contributed by atoms with van der Waals surface area (Å²) in [7, 11) is -2.13. The lowest BCUT2D eigenvalue weighted by Crippen LogP contribution is -2.34. The fourth-order valence-corrected chi connectivity index (χ4v) is 3.82. The molecule has 21 heavy (non-hydrogen) atoms. The SMILES string of the molecule is CC(Cc1ccccc1Cl)NS(=O)(=O)c1ncn(C)c1Cl. The highest BCUT2D eigenvalue weighted by Gasteiger charge is 2.24. The minimum absolute atomic E-state index is 0.0763. The Morgan fingerprint density at radius 2 is 2.00 bits per heavy atom. The van der Waals surface area contributed by atoms with Crippen LogP contribution in [0.4, 0.5) is 0 Å². The van der Waals surface area contributed by atoms with E-state index in [0.29, 0.717) is 11.4 Å². The van der Waals surface area contributed by atoms with E-state index in [4.69, 9.17) is 23.2 Å². The first kappa shape index (κ1) is 16.3. The molecule has 0 aliphatic rings. The molecule has 0 aliphatic carbocycles. The fraction of sp³-hybridized carbons (Fsp3) is 0.308. The topological polar surface area (TPSA) is 64.0 Å². The van der Waals surface area contributed by atoms with Crippen molar-refractivity contribution in [3.05, 3.63) is 46.3 Å². The summed E-state index contributed by atoms with van der Waals surface area (Å²) in [6.07, 6.45) is 1.83. The maximum absolute atomic E-state index is 12.2. The van der Waals surface area contributed by atoms with E-state index in [1.165, 1.54) is 10.9 Å². The van der Waals surface area contributed by atoms with Gasteiger partial charge in [-0.05, 0) is 25.0 Å². The number of hydrogen-bond acceptors (Lipinski definition) is 3. The Morgan fingerprint density at radius 3 is 2.57 bits per heavy atom. The molecule has 5 nitrogen and oxygen atoms in total. The van der Waals surface area contributed by atoms with Gasteiger partial charge < -0.3 is 4.57 Å². The number of aryl methyl sites for hydroxylation is 1. The predicted octanol–water partition coefficient (Wildman–Crippen LogP) is 2.64. The largest absolute Gasteiger partial charge is 0.324 e. The van der Waals surface area contributed by atoms with Gasteiger partial charge in [-0.2, -0.15) is 0 Å². The second kappa shape index (κ2) is 6.36. The van der Waals surface area contributed by atoms with Crippen molar-refractivity contribution in [3.63, 3.8) is 0 Å². The standard InChI is InChI=1S/C13H15Cl2N3O2S/c1-9(7-10-5-3-4-6-11(10)14)17-21(19,20)13-12(15)18(2)8-16-13/h3-6,8-9,17H,7H2,1-2H3. The van der Waals surface area contributed by atoms with Crippen LogP contribution in [0.3, 0.4) is 0 Å². The van der Waals surface area contributed by atoms with Crippen molar-refractivity contribution in [1.82, 2.24) is 14.3 Å². The van der Waals surface area contributed by atoms with Crippen molar-refractivity contribution in [2.75, 3.05) is 0 Å². The summed E-state index contributed by atoms with van der Waals surface area (Å²) in [5.41, 5.74) is 0.876. The van der Waals surface area contributed by atoms with E-state index in [9.17, 15) is 8.42 Å². The lowest BCUT2D eigenvalue weighted by Gasteiger charge is -2.14. The molecule has 1 aromatic carbocycles. The molecule has 1 N–H and O–H groups in total. The van der Waals surface area contributed by atoms with Crippen LogP contribution in [-0.2, 0) is 23.5 Å². The van der Waals surface area contributed by atoms with Gasteiger partial charge in [-0.1, -0.05) is 41.4 Å². The molecule has 1 atom stereocenters. The van der Waals surface area contributed by atoms with Gasteiger partial charge in [-0.3, -0.25) is 0 Å². The van der Waals surface area contributed by atoms with Crippen molar-refractivity contribution < 1.29 is 8.42 Å². The van der Waals surface area contributed by atoms with E-state index in [-0.39, 0.29) is 16.2 Å². The molecule has 2 aromatic rings. The van der Waals surface area contributed by atoms with E-state index in [1.54, 1.807) is 20.0 Å². The molecule has 8 heteroatoms. The molecule has 0 spiro atoms. The number of benzene rings is 1. The highest BCUT2D eigenvalue weighted by Crippen LogP contribution is 2.20. The first-order chi connectivity index (χ1) is 9.81. The summed E-state index contributed by atoms with van der Waals surface area (Å²) in [6.45, 7) is 1.76. The maximum Gasteiger partial charge on any atom is 0.261 e. The minimum Gasteiger partial charge on any atom is -0.324 e. The van der Waals surface area contributed by atoms with Gasteiger partial charge in [0.15, 0.2) is 0 Å². The van der Waals surface area contributed by atoms with Crippen molar-refractivity contribution in [2.24, 2.45) is 7.05 Å². The number of nitrogens with zero attached hydrogens (tertiary/aromatic N) is 2. The number of sulfonamides is 1. The van der Waals surface area contributed by atoms with Crippen molar-refractivity contribution >= 4 is 33.2 Å². The van der Waals surface area contributed by atoms with E-state index in [2.05, 4.69) is 9.71 Å². The molecule has 1 aromatic heterocycles. The van der Waals surface area contributed by atoms with Gasteiger partial charge in [0.05, 0.1) is 6.33 Å². The zero-order valence-electron chi connectivity index (χ0n) is 11.5. The second-order valence-electron chi connectivity index (χ2n) is 4.77. The summed E-state index contributed by atoms with van der Waals surface area (Å²) in [4.78, 5) is 3.82. The Kier molecular flexibility index (Phi) is 4.93. The van der Waals surface area contributed by atoms with E-state index in [1.807, 2.05) is 18.2 Å². The lowest BCUT2D eigenvalue weighted by molar-refractivity contribution is 0.557. The molecule has 114 valence electrons. The normalized spacial score (nSPS) is 13.3. The number of hydrogen-bond donors (Lipinski definition) is 1. The smallest absolute Gasteiger partial charge is 0.261 e. The average molecular weight is 348 g/mol. The van der Waals surface area contributed by atoms with Crippen LogP contribution in [0.25, 0.3) is 0 Å². The van der Waals surface area contributed by atoms with Crippen molar-refractivity contribution in [3.8, 4) is 0 Å². The average Bonchev–Trinajstić information content (AvgIpc) is 2.73. The van der Waals surface area contributed by atoms with Gasteiger partial charge in [0.2, 0.25) is 5.03 Å². The van der Waals surface area contributed by atoms with Crippen molar-refractivity contribution in [1.29, 1.82) is 0 Å². The molecule has 0 fully saturated rings. The van der Waals surface area contributed by atoms with Crippen LogP contribution in [0.15, 0.2) is 35.6 Å². The Bertz CT molecular complexity index is 744. The highest BCUT2D eigenvalue weighted by atomic mass is 35.5. The molecule has 0 bridgehead atoms. The van der Waals surface area contributed by atoms with E-state index >= 15 is 0 Å². The zero-order valence-corrected chi connectivity index (χ0v) is 13.9. The molecule has 0 amide bonds. The summed E-state index contributed by atoms with van der Waals surface area (Å²) in [6, 6.07) is 6.98. The Labute approximate surface area is 134 Å². The summed E-state index contributed by atoms with van der Waals surface area (Å²) in [5, 5.41) is 0.518. The molecular weight excluding hydrogens is 333 g/mol. The molecule has 0 saturated heterocycles. The van der Waals surface area contributed by atoms with Crippen LogP contribution in [0, 0.1) is 0 Å². The molecule has 0 aliphatic heterocycles. The summed E-state index contributed by atoms with van der Waals surface area (Å²) >= 11 is 12.0. The van der Waals surface area contributed by atoms with Crippen molar-refractivity contribution in [2.45, 2.75) is 24.4 Å². The third kappa shape index (κ3) is 3.77. The fourth-order valence-electron chi connectivity index (χ4n) is 1.93. The lowest BCUT2D eigenvalue weighted by atomic mass is 10.1. The zero-order chi connectivity index (χ0) is 15.6. The van der Waals surface area contributed by atoms with E-state index < -0.39 is 10.0 Å². The van der Waals surface area contributed by atoms with Crippen LogP contribution in [0.1, 0.15) is 12.5 Å². The highest BCUT2D eigenvalue weighted by molar-refractivity contribution is 7.89. The van der Waals surface area contributed by atoms with Crippen LogP contribution >= 0.6 is 23.2 Å². The monoisotopic (exact) mass is 347 g/mol. The number of nitrogens with one attached hydrogen (secondary N) is 1. The quantitative estimate of drug-likeness (QED) is 0.904. The van der Waals surface area contributed by atoms with Crippen LogP contribution < -0.4 is 4.72 Å². The van der Waals surface area contributed by atoms with Gasteiger partial charge in [0, 0.05) is 18.1 Å². The van der Waals surface area contributed by atoms with Crippen LogP contribution in [0.5, 0.6) is 0 Å². The van der Waals surface area contributed by atoms with Crippen LogP contribution in [0.2, 0.25) is 10.2 Å². The number of imidazole rings is 1. The molecule has 1 unspecified atom stereocenters. The number of rotatable bonds is 5. The Morgan fingerprint density at radius 1 is 1.33 bits per heavy atom. The molecule has 1 heterocycles. The molecular formula is C13H15Cl2N3O2S. The second-order valence-corrected chi connectivity index (χ2v) is 7.16. The Hall–Kier alpha value is -1.08. The molecule has 0 radical (unpaired) electrons. The number of halogens is 2. The molecule has 0 saturated carbocycles. The van der Waals surface area contributed by atoms with Gasteiger partial charge in [0.25, 0.3) is 10.0 Å². The first-order valence-electron chi connectivity index (χ1n) is 6.24. The van der Waals surface area contributed by atoms with Gasteiger partial charge >= 0.3 is 0 Å². The number of aromatic nitrogens is 2. The third-order valence-corrected chi connectivity index (χ3v) is 5.38. The summed E-state index contributed by atoms with van der Waals surface area (Å²) in [5.74, 6) is 0. The van der Waals surface area contributed by atoms with E-state index in [0.717, 1.165) is 5.56 Å². The maximum atomic E-state index is 12.2. The van der Waals surface area contributed by atoms with Gasteiger partial charge in [0.1, 0.15) is 5.15 Å². The minimum atomic E-state index is -3.76. The first-order valence-corrected chi connectivity index (χ1v) is 8.47. The Balaban J connectivity index is 2.14. The van der Waals surface area contributed by atoms with Gasteiger partial charge in [-0.15, -0.1) is 0 Å². The summed E-state index contributed by atoms with van der Waals surface area (Å²) < 4.78 is 28.5. The molecule has 2 rings (SSSR count). The van der Waals surface area contributed by atoms with Crippen LogP contribution in [-0.4, -0.2) is 24.0 Å².